The first-order valence-corrected chi connectivity index (χ1v) is 8.60. The van der Waals surface area contributed by atoms with Crippen LogP contribution in [0.25, 0.3) is 0 Å². The predicted molar refractivity (Wildman–Crippen MR) is 82.9 cm³/mol. The van der Waals surface area contributed by atoms with Crippen molar-refractivity contribution in [3.05, 3.63) is 0 Å². The fourth-order valence-electron chi connectivity index (χ4n) is 4.08. The third-order valence-electron chi connectivity index (χ3n) is 5.26. The van der Waals surface area contributed by atoms with E-state index in [9.17, 15) is 4.79 Å². The number of rotatable bonds is 3. The van der Waals surface area contributed by atoms with Crippen LogP contribution in [0.15, 0.2) is 0 Å². The zero-order valence-corrected chi connectivity index (χ0v) is 13.6. The molecule has 0 amide bonds. The summed E-state index contributed by atoms with van der Waals surface area (Å²) in [6.45, 7) is 1.95. The van der Waals surface area contributed by atoms with E-state index in [0.717, 1.165) is 31.6 Å². The topological polar surface area (TPSA) is 61.5 Å². The SMILES string of the molecule is CO[C@@H]1[C@@H](CC2CCCC2)CCCC[C@H](N)C(=O)O[C@H]1C. The number of ether oxygens (including phenoxy) is 2. The molecule has 1 saturated carbocycles. The summed E-state index contributed by atoms with van der Waals surface area (Å²) in [6, 6.07) is -0.476. The average Bonchev–Trinajstić information content (AvgIpc) is 2.95. The minimum absolute atomic E-state index is 0.000139. The first kappa shape index (κ1) is 16.8. The number of methoxy groups -OCH3 is 1. The maximum atomic E-state index is 12.0. The third-order valence-corrected chi connectivity index (χ3v) is 5.26. The van der Waals surface area contributed by atoms with Gasteiger partial charge in [-0.3, -0.25) is 4.79 Å². The third kappa shape index (κ3) is 4.68. The van der Waals surface area contributed by atoms with Gasteiger partial charge in [0.2, 0.25) is 0 Å². The van der Waals surface area contributed by atoms with Gasteiger partial charge in [-0.2, -0.15) is 0 Å². The van der Waals surface area contributed by atoms with E-state index < -0.39 is 6.04 Å². The van der Waals surface area contributed by atoms with Crippen LogP contribution in [0.1, 0.15) is 64.7 Å². The second-order valence-corrected chi connectivity index (χ2v) is 6.88. The second kappa shape index (κ2) is 8.14. The molecule has 122 valence electrons. The molecule has 0 aromatic heterocycles. The van der Waals surface area contributed by atoms with Gasteiger partial charge in [-0.05, 0) is 38.0 Å². The molecule has 0 aromatic rings. The Morgan fingerprint density at radius 1 is 1.14 bits per heavy atom. The van der Waals surface area contributed by atoms with E-state index in [1.807, 2.05) is 6.92 Å². The van der Waals surface area contributed by atoms with Crippen LogP contribution in [-0.4, -0.2) is 31.3 Å². The van der Waals surface area contributed by atoms with Gasteiger partial charge in [-0.25, -0.2) is 0 Å². The van der Waals surface area contributed by atoms with Crippen molar-refractivity contribution in [2.75, 3.05) is 7.11 Å². The molecule has 4 atom stereocenters. The maximum absolute atomic E-state index is 12.0. The van der Waals surface area contributed by atoms with Crippen LogP contribution in [0.3, 0.4) is 0 Å². The molecule has 1 aliphatic carbocycles. The Bertz CT molecular complexity index is 328. The van der Waals surface area contributed by atoms with E-state index in [4.69, 9.17) is 15.2 Å². The number of nitrogens with two attached hydrogens (primary N) is 1. The summed E-state index contributed by atoms with van der Waals surface area (Å²) in [5, 5.41) is 0. The molecule has 0 unspecified atom stereocenters. The van der Waals surface area contributed by atoms with Gasteiger partial charge in [0.15, 0.2) is 0 Å². The number of carbonyl (C=O) groups is 1. The standard InChI is InChI=1S/C17H31NO3/c1-12-16(20-2)14(11-13-7-3-4-8-13)9-5-6-10-15(18)17(19)21-12/h12-16H,3-11,18H2,1-2H3/t12-,14+,15-,16-/m0/s1. The second-order valence-electron chi connectivity index (χ2n) is 6.88. The quantitative estimate of drug-likeness (QED) is 0.813. The van der Waals surface area contributed by atoms with Crippen molar-refractivity contribution < 1.29 is 14.3 Å². The van der Waals surface area contributed by atoms with Crippen molar-refractivity contribution in [3.63, 3.8) is 0 Å². The van der Waals surface area contributed by atoms with Crippen molar-refractivity contribution in [1.29, 1.82) is 0 Å². The Hall–Kier alpha value is -0.610. The van der Waals surface area contributed by atoms with Crippen molar-refractivity contribution in [1.82, 2.24) is 0 Å². The number of hydrogen-bond acceptors (Lipinski definition) is 4. The monoisotopic (exact) mass is 297 g/mol. The molecule has 21 heavy (non-hydrogen) atoms. The number of carbonyl (C=O) groups excluding carboxylic acids is 1. The fourth-order valence-corrected chi connectivity index (χ4v) is 4.08. The van der Waals surface area contributed by atoms with Gasteiger partial charge in [0.25, 0.3) is 0 Å². The Labute approximate surface area is 128 Å². The van der Waals surface area contributed by atoms with Gasteiger partial charge in [0.1, 0.15) is 12.1 Å². The normalized spacial score (nSPS) is 36.4. The van der Waals surface area contributed by atoms with Gasteiger partial charge in [0.05, 0.1) is 6.10 Å². The largest absolute Gasteiger partial charge is 0.459 e. The van der Waals surface area contributed by atoms with E-state index in [1.54, 1.807) is 7.11 Å². The summed E-state index contributed by atoms with van der Waals surface area (Å²) >= 11 is 0. The average molecular weight is 297 g/mol. The molecular weight excluding hydrogens is 266 g/mol. The Morgan fingerprint density at radius 3 is 2.43 bits per heavy atom. The van der Waals surface area contributed by atoms with E-state index in [1.165, 1.54) is 32.1 Å². The molecule has 1 aliphatic heterocycles. The molecule has 0 aromatic carbocycles. The number of cyclic esters (lactones) is 1. The van der Waals surface area contributed by atoms with Crippen LogP contribution in [0.4, 0.5) is 0 Å². The summed E-state index contributed by atoms with van der Waals surface area (Å²) in [5.41, 5.74) is 5.87. The van der Waals surface area contributed by atoms with Crippen LogP contribution in [0, 0.1) is 11.8 Å². The van der Waals surface area contributed by atoms with Crippen molar-refractivity contribution >= 4 is 5.97 Å². The predicted octanol–water partition coefficient (Wildman–Crippen LogP) is 3.03. The lowest BCUT2D eigenvalue weighted by atomic mass is 9.83. The maximum Gasteiger partial charge on any atom is 0.323 e. The van der Waals surface area contributed by atoms with Crippen LogP contribution < -0.4 is 5.73 Å². The molecule has 4 heteroatoms. The fraction of sp³-hybridized carbons (Fsp3) is 0.941. The molecular formula is C17H31NO3. The van der Waals surface area contributed by atoms with Crippen molar-refractivity contribution in [3.8, 4) is 0 Å². The lowest BCUT2D eigenvalue weighted by Crippen LogP contribution is -2.42. The molecule has 1 heterocycles. The zero-order valence-electron chi connectivity index (χ0n) is 13.6. The highest BCUT2D eigenvalue weighted by Crippen LogP contribution is 2.35. The Kier molecular flexibility index (Phi) is 6.49. The first-order valence-electron chi connectivity index (χ1n) is 8.60. The van der Waals surface area contributed by atoms with Crippen LogP contribution >= 0.6 is 0 Å². The molecule has 2 fully saturated rings. The molecule has 2 rings (SSSR count). The minimum Gasteiger partial charge on any atom is -0.459 e. The van der Waals surface area contributed by atoms with E-state index in [-0.39, 0.29) is 18.2 Å². The first-order chi connectivity index (χ1) is 10.1. The number of hydrogen-bond donors (Lipinski definition) is 1. The molecule has 0 bridgehead atoms. The lowest BCUT2D eigenvalue weighted by Gasteiger charge is -2.33. The molecule has 4 nitrogen and oxygen atoms in total. The summed E-state index contributed by atoms with van der Waals surface area (Å²) in [7, 11) is 1.74. The lowest BCUT2D eigenvalue weighted by molar-refractivity contribution is -0.160. The van der Waals surface area contributed by atoms with Gasteiger partial charge >= 0.3 is 5.97 Å². The summed E-state index contributed by atoms with van der Waals surface area (Å²) in [5.74, 6) is 1.06. The summed E-state index contributed by atoms with van der Waals surface area (Å²) in [6.07, 6.45) is 10.5. The van der Waals surface area contributed by atoms with Crippen molar-refractivity contribution in [2.45, 2.75) is 83.0 Å². The van der Waals surface area contributed by atoms with Crippen LogP contribution in [0.2, 0.25) is 0 Å². The summed E-state index contributed by atoms with van der Waals surface area (Å²) in [4.78, 5) is 12.0. The minimum atomic E-state index is -0.476. The van der Waals surface area contributed by atoms with Crippen LogP contribution in [0.5, 0.6) is 0 Å². The Balaban J connectivity index is 2.03. The molecule has 2 aliphatic rings. The highest BCUT2D eigenvalue weighted by molar-refractivity contribution is 5.75. The zero-order chi connectivity index (χ0) is 15.2. The highest BCUT2D eigenvalue weighted by atomic mass is 16.6. The van der Waals surface area contributed by atoms with Gasteiger partial charge < -0.3 is 15.2 Å². The summed E-state index contributed by atoms with van der Waals surface area (Å²) < 4.78 is 11.3. The molecule has 2 N–H and O–H groups in total. The van der Waals surface area contributed by atoms with Gasteiger partial charge in [-0.15, -0.1) is 0 Å². The molecule has 0 radical (unpaired) electrons. The van der Waals surface area contributed by atoms with Crippen LogP contribution in [-0.2, 0) is 14.3 Å². The van der Waals surface area contributed by atoms with Gasteiger partial charge in [-0.1, -0.05) is 38.5 Å². The smallest absolute Gasteiger partial charge is 0.323 e. The Morgan fingerprint density at radius 2 is 1.76 bits per heavy atom. The van der Waals surface area contributed by atoms with Crippen molar-refractivity contribution in [2.24, 2.45) is 17.6 Å². The van der Waals surface area contributed by atoms with E-state index in [2.05, 4.69) is 0 Å². The van der Waals surface area contributed by atoms with E-state index in [0.29, 0.717) is 5.92 Å². The van der Waals surface area contributed by atoms with Gasteiger partial charge in [0, 0.05) is 7.11 Å². The molecule has 0 spiro atoms. The highest BCUT2D eigenvalue weighted by Gasteiger charge is 2.33. The van der Waals surface area contributed by atoms with E-state index >= 15 is 0 Å². The molecule has 1 saturated heterocycles. The number of esters is 1.